The molecular weight excluding hydrogens is 270 g/mol. The predicted octanol–water partition coefficient (Wildman–Crippen LogP) is 1.74. The minimum Gasteiger partial charge on any atom is -0.283 e. The lowest BCUT2D eigenvalue weighted by molar-refractivity contribution is -0.114. The highest BCUT2D eigenvalue weighted by Gasteiger charge is 2.26. The third-order valence-corrected chi connectivity index (χ3v) is 5.36. The van der Waals surface area contributed by atoms with Gasteiger partial charge in [0.2, 0.25) is 5.78 Å². The fourth-order valence-electron chi connectivity index (χ4n) is 1.41. The van der Waals surface area contributed by atoms with Gasteiger partial charge in [0.25, 0.3) is 10.0 Å². The molecule has 1 aromatic rings. The maximum atomic E-state index is 12.3. The summed E-state index contributed by atoms with van der Waals surface area (Å²) in [7, 11) is -3.57. The number of sulfonamides is 1. The molecule has 0 aliphatic heterocycles. The number of nitrogens with zero attached hydrogens (tertiary/aromatic N) is 1. The normalized spacial score (nSPS) is 11.1. The van der Waals surface area contributed by atoms with Crippen molar-refractivity contribution in [1.29, 1.82) is 0 Å². The van der Waals surface area contributed by atoms with Crippen LogP contribution in [0.1, 0.15) is 20.3 Å². The summed E-state index contributed by atoms with van der Waals surface area (Å²) in [4.78, 5) is 11.5. The molecule has 18 heavy (non-hydrogen) atoms. The van der Waals surface area contributed by atoms with Gasteiger partial charge in [-0.05, 0) is 30.7 Å². The minimum absolute atomic E-state index is 0.186. The molecule has 0 unspecified atom stereocenters. The fourth-order valence-corrected chi connectivity index (χ4v) is 4.04. The van der Waals surface area contributed by atoms with Crippen molar-refractivity contribution in [2.75, 3.05) is 13.1 Å². The van der Waals surface area contributed by atoms with E-state index in [2.05, 4.69) is 11.8 Å². The molecule has 0 bridgehead atoms. The Hall–Kier alpha value is -1.16. The summed E-state index contributed by atoms with van der Waals surface area (Å²) >= 11 is 1.15. The molecule has 0 spiro atoms. The number of rotatable bonds is 6. The van der Waals surface area contributed by atoms with E-state index in [1.165, 1.54) is 4.31 Å². The fraction of sp³-hybridized carbons (Fsp3) is 0.417. The van der Waals surface area contributed by atoms with Gasteiger partial charge in [0.15, 0.2) is 0 Å². The Morgan fingerprint density at radius 1 is 1.50 bits per heavy atom. The molecule has 0 aliphatic rings. The van der Waals surface area contributed by atoms with Gasteiger partial charge in [-0.1, -0.05) is 18.9 Å². The van der Waals surface area contributed by atoms with E-state index >= 15 is 0 Å². The van der Waals surface area contributed by atoms with Crippen LogP contribution in [0.25, 0.3) is 0 Å². The number of thiophene rings is 1. The molecular formula is C12H15NO3S2. The molecule has 0 N–H and O–H groups in total. The van der Waals surface area contributed by atoms with Gasteiger partial charge < -0.3 is 0 Å². The van der Waals surface area contributed by atoms with Crippen LogP contribution in [0.3, 0.4) is 0 Å². The molecule has 0 radical (unpaired) electrons. The van der Waals surface area contributed by atoms with E-state index in [4.69, 9.17) is 0 Å². The molecule has 0 fully saturated rings. The summed E-state index contributed by atoms with van der Waals surface area (Å²) in [6.45, 7) is 3.55. The van der Waals surface area contributed by atoms with Crippen LogP contribution >= 0.6 is 11.3 Å². The summed E-state index contributed by atoms with van der Waals surface area (Å²) in [5.41, 5.74) is 0. The van der Waals surface area contributed by atoms with Crippen LogP contribution in [0.4, 0.5) is 0 Å². The van der Waals surface area contributed by atoms with Gasteiger partial charge in [-0.2, -0.15) is 4.31 Å². The summed E-state index contributed by atoms with van der Waals surface area (Å²) < 4.78 is 26.0. The van der Waals surface area contributed by atoms with Gasteiger partial charge in [0.05, 0.1) is 6.54 Å². The first-order chi connectivity index (χ1) is 8.52. The first-order valence-electron chi connectivity index (χ1n) is 5.51. The highest BCUT2D eigenvalue weighted by Crippen LogP contribution is 2.20. The molecule has 0 atom stereocenters. The molecule has 1 aromatic heterocycles. The van der Waals surface area contributed by atoms with Crippen molar-refractivity contribution >= 4 is 27.1 Å². The summed E-state index contributed by atoms with van der Waals surface area (Å²) in [5.74, 6) is 4.46. The zero-order valence-electron chi connectivity index (χ0n) is 10.3. The number of hydrogen-bond acceptors (Lipinski definition) is 4. The molecule has 1 rings (SSSR count). The Kier molecular flexibility index (Phi) is 5.54. The van der Waals surface area contributed by atoms with Crippen molar-refractivity contribution in [3.63, 3.8) is 0 Å². The second-order valence-corrected chi connectivity index (χ2v) is 6.68. The highest BCUT2D eigenvalue weighted by atomic mass is 32.2. The van der Waals surface area contributed by atoms with Crippen LogP contribution in [0.5, 0.6) is 0 Å². The molecule has 98 valence electrons. The third kappa shape index (κ3) is 3.67. The molecule has 0 aromatic carbocycles. The number of carbonyl (C=O) groups excluding carboxylic acids is 1. The van der Waals surface area contributed by atoms with E-state index in [1.54, 1.807) is 24.4 Å². The average Bonchev–Trinajstić information content (AvgIpc) is 2.82. The lowest BCUT2D eigenvalue weighted by Crippen LogP contribution is -2.35. The van der Waals surface area contributed by atoms with E-state index < -0.39 is 10.0 Å². The summed E-state index contributed by atoms with van der Waals surface area (Å²) in [6, 6.07) is 3.22. The van der Waals surface area contributed by atoms with Crippen LogP contribution in [-0.2, 0) is 14.8 Å². The Labute approximate surface area is 112 Å². The zero-order valence-corrected chi connectivity index (χ0v) is 12.0. The SMILES string of the molecule is CC#CC(=O)CN(CCC)S(=O)(=O)c1cccs1. The van der Waals surface area contributed by atoms with Crippen LogP contribution in [0.15, 0.2) is 21.7 Å². The Morgan fingerprint density at radius 3 is 2.72 bits per heavy atom. The molecule has 0 saturated heterocycles. The Morgan fingerprint density at radius 2 is 2.22 bits per heavy atom. The first kappa shape index (κ1) is 14.9. The van der Waals surface area contributed by atoms with Gasteiger partial charge in [0.1, 0.15) is 4.21 Å². The maximum absolute atomic E-state index is 12.3. The van der Waals surface area contributed by atoms with Gasteiger partial charge >= 0.3 is 0 Å². The number of Topliss-reactive ketones (excluding diaryl/α,β-unsaturated/α-hetero) is 1. The second-order valence-electron chi connectivity index (χ2n) is 3.57. The van der Waals surface area contributed by atoms with Crippen molar-refractivity contribution < 1.29 is 13.2 Å². The number of hydrogen-bond donors (Lipinski definition) is 0. The van der Waals surface area contributed by atoms with Crippen molar-refractivity contribution in [2.45, 2.75) is 24.5 Å². The lowest BCUT2D eigenvalue weighted by atomic mass is 10.4. The van der Waals surface area contributed by atoms with Gasteiger partial charge in [-0.15, -0.1) is 11.3 Å². The average molecular weight is 285 g/mol. The molecule has 0 aliphatic carbocycles. The summed E-state index contributed by atoms with van der Waals surface area (Å²) in [6.07, 6.45) is 0.650. The van der Waals surface area contributed by atoms with E-state index in [9.17, 15) is 13.2 Å². The quantitative estimate of drug-likeness (QED) is 0.591. The number of ketones is 1. The molecule has 0 amide bonds. The van der Waals surface area contributed by atoms with Gasteiger partial charge in [0, 0.05) is 6.54 Å². The van der Waals surface area contributed by atoms with E-state index in [0.29, 0.717) is 13.0 Å². The smallest absolute Gasteiger partial charge is 0.252 e. The van der Waals surface area contributed by atoms with Crippen LogP contribution in [0, 0.1) is 11.8 Å². The van der Waals surface area contributed by atoms with Crippen molar-refractivity contribution in [3.05, 3.63) is 17.5 Å². The largest absolute Gasteiger partial charge is 0.283 e. The van der Waals surface area contributed by atoms with Crippen LogP contribution < -0.4 is 0 Å². The highest BCUT2D eigenvalue weighted by molar-refractivity contribution is 7.91. The molecule has 4 nitrogen and oxygen atoms in total. The molecule has 1 heterocycles. The monoisotopic (exact) mass is 285 g/mol. The topological polar surface area (TPSA) is 54.5 Å². The van der Waals surface area contributed by atoms with Gasteiger partial charge in [-0.25, -0.2) is 8.42 Å². The number of carbonyl (C=O) groups is 1. The second kappa shape index (κ2) is 6.69. The summed E-state index contributed by atoms with van der Waals surface area (Å²) in [5, 5.41) is 1.70. The Balaban J connectivity index is 2.97. The first-order valence-corrected chi connectivity index (χ1v) is 7.83. The van der Waals surface area contributed by atoms with Crippen molar-refractivity contribution in [2.24, 2.45) is 0 Å². The predicted molar refractivity (Wildman–Crippen MR) is 71.8 cm³/mol. The van der Waals surface area contributed by atoms with Crippen LogP contribution in [0.2, 0.25) is 0 Å². The van der Waals surface area contributed by atoms with E-state index in [0.717, 1.165) is 11.3 Å². The van der Waals surface area contributed by atoms with Gasteiger partial charge in [-0.3, -0.25) is 4.79 Å². The minimum atomic E-state index is -3.57. The maximum Gasteiger partial charge on any atom is 0.252 e. The molecule has 0 saturated carbocycles. The van der Waals surface area contributed by atoms with E-state index in [-0.39, 0.29) is 16.5 Å². The van der Waals surface area contributed by atoms with Crippen LogP contribution in [-0.4, -0.2) is 31.6 Å². The zero-order chi connectivity index (χ0) is 13.6. The Bertz CT molecular complexity index is 550. The van der Waals surface area contributed by atoms with E-state index in [1.807, 2.05) is 6.92 Å². The molecule has 6 heteroatoms. The van der Waals surface area contributed by atoms with Crippen molar-refractivity contribution in [3.8, 4) is 11.8 Å². The third-order valence-electron chi connectivity index (χ3n) is 2.15. The standard InChI is InChI=1S/C12H15NO3S2/c1-3-6-11(14)10-13(8-4-2)18(15,16)12-7-5-9-17-12/h5,7,9H,4,8,10H2,1-2H3. The van der Waals surface area contributed by atoms with Crippen molar-refractivity contribution in [1.82, 2.24) is 4.31 Å². The lowest BCUT2D eigenvalue weighted by Gasteiger charge is -2.18.